The Hall–Kier alpha value is -3.19. The monoisotopic (exact) mass is 378 g/mol. The van der Waals surface area contributed by atoms with Gasteiger partial charge in [0.2, 0.25) is 0 Å². The lowest BCUT2D eigenvalue weighted by Gasteiger charge is -2.02. The van der Waals surface area contributed by atoms with Gasteiger partial charge in [0.25, 0.3) is 5.91 Å². The predicted molar refractivity (Wildman–Crippen MR) is 103 cm³/mol. The molecule has 0 saturated carbocycles. The van der Waals surface area contributed by atoms with Crippen molar-refractivity contribution in [1.29, 1.82) is 0 Å². The number of rotatable bonds is 6. The van der Waals surface area contributed by atoms with Gasteiger partial charge in [-0.05, 0) is 23.9 Å². The molecule has 0 atom stereocenters. The minimum absolute atomic E-state index is 0.188. The molecule has 1 amide bonds. The quantitative estimate of drug-likeness (QED) is 0.552. The third kappa shape index (κ3) is 3.98. The molecule has 0 aliphatic rings. The number of benzene rings is 1. The van der Waals surface area contributed by atoms with Crippen molar-refractivity contribution in [2.24, 2.45) is 0 Å². The van der Waals surface area contributed by atoms with E-state index in [2.05, 4.69) is 15.6 Å². The van der Waals surface area contributed by atoms with Crippen LogP contribution in [-0.4, -0.2) is 20.8 Å². The molecule has 0 radical (unpaired) electrons. The second-order valence-electron chi connectivity index (χ2n) is 6.17. The molecular formula is C20H18N4O2S. The Morgan fingerprint density at radius 2 is 2.07 bits per heavy atom. The van der Waals surface area contributed by atoms with Gasteiger partial charge in [-0.2, -0.15) is 5.10 Å². The van der Waals surface area contributed by atoms with Crippen molar-refractivity contribution < 1.29 is 9.32 Å². The van der Waals surface area contributed by atoms with E-state index in [-0.39, 0.29) is 12.5 Å². The number of carbonyl (C=O) groups is 1. The van der Waals surface area contributed by atoms with Gasteiger partial charge in [-0.1, -0.05) is 41.6 Å². The van der Waals surface area contributed by atoms with Crippen molar-refractivity contribution in [3.8, 4) is 10.6 Å². The normalized spacial score (nSPS) is 10.9. The number of hydrogen-bond donors (Lipinski definition) is 1. The van der Waals surface area contributed by atoms with Gasteiger partial charge in [-0.25, -0.2) is 0 Å². The number of thiophene rings is 1. The Balaban J connectivity index is 1.58. The zero-order valence-electron chi connectivity index (χ0n) is 14.8. The predicted octanol–water partition coefficient (Wildman–Crippen LogP) is 3.89. The first-order valence-electron chi connectivity index (χ1n) is 8.55. The molecule has 6 nitrogen and oxygen atoms in total. The van der Waals surface area contributed by atoms with Crippen LogP contribution in [0.15, 0.2) is 64.6 Å². The largest absolute Gasteiger partial charge is 0.359 e. The highest BCUT2D eigenvalue weighted by molar-refractivity contribution is 7.13. The summed E-state index contributed by atoms with van der Waals surface area (Å²) in [4.78, 5) is 13.7. The van der Waals surface area contributed by atoms with Crippen LogP contribution in [0, 0.1) is 6.92 Å². The molecule has 3 aromatic heterocycles. The summed E-state index contributed by atoms with van der Waals surface area (Å²) in [6, 6.07) is 15.8. The number of aryl methyl sites for hydroxylation is 1. The molecule has 0 aliphatic heterocycles. The smallest absolute Gasteiger partial charge is 0.255 e. The van der Waals surface area contributed by atoms with Gasteiger partial charge >= 0.3 is 0 Å². The molecule has 3 heterocycles. The SMILES string of the molecule is Cc1cc(CNC(=O)c2cn(Cc3ccccc3)nc2-c2cccs2)on1. The molecule has 0 spiro atoms. The molecular weight excluding hydrogens is 360 g/mol. The van der Waals surface area contributed by atoms with Crippen LogP contribution in [0.1, 0.15) is 27.4 Å². The molecule has 4 aromatic rings. The fraction of sp³-hybridized carbons (Fsp3) is 0.150. The molecule has 0 saturated heterocycles. The molecule has 7 heteroatoms. The van der Waals surface area contributed by atoms with E-state index in [0.29, 0.717) is 23.6 Å². The van der Waals surface area contributed by atoms with Gasteiger partial charge in [-0.15, -0.1) is 11.3 Å². The molecule has 0 aliphatic carbocycles. The van der Waals surface area contributed by atoms with Crippen LogP contribution in [0.3, 0.4) is 0 Å². The average Bonchev–Trinajstić information content (AvgIpc) is 3.41. The molecule has 0 fully saturated rings. The minimum Gasteiger partial charge on any atom is -0.359 e. The number of amides is 1. The maximum absolute atomic E-state index is 12.8. The van der Waals surface area contributed by atoms with Crippen LogP contribution < -0.4 is 5.32 Å². The summed E-state index contributed by atoms with van der Waals surface area (Å²) in [5.41, 5.74) is 3.15. The molecule has 0 unspecified atom stereocenters. The van der Waals surface area contributed by atoms with Crippen molar-refractivity contribution in [3.63, 3.8) is 0 Å². The summed E-state index contributed by atoms with van der Waals surface area (Å²) >= 11 is 1.56. The average molecular weight is 378 g/mol. The van der Waals surface area contributed by atoms with Gasteiger partial charge < -0.3 is 9.84 Å². The van der Waals surface area contributed by atoms with E-state index in [9.17, 15) is 4.79 Å². The number of nitrogens with zero attached hydrogens (tertiary/aromatic N) is 3. The topological polar surface area (TPSA) is 73.0 Å². The summed E-state index contributed by atoms with van der Waals surface area (Å²) in [6.07, 6.45) is 1.79. The van der Waals surface area contributed by atoms with Crippen LogP contribution in [0.4, 0.5) is 0 Å². The van der Waals surface area contributed by atoms with Gasteiger partial charge in [0.15, 0.2) is 5.76 Å². The first-order valence-corrected chi connectivity index (χ1v) is 9.42. The molecule has 27 heavy (non-hydrogen) atoms. The van der Waals surface area contributed by atoms with Crippen LogP contribution >= 0.6 is 11.3 Å². The fourth-order valence-electron chi connectivity index (χ4n) is 2.80. The highest BCUT2D eigenvalue weighted by atomic mass is 32.1. The lowest BCUT2D eigenvalue weighted by molar-refractivity contribution is 0.0947. The lowest BCUT2D eigenvalue weighted by atomic mass is 10.2. The van der Waals surface area contributed by atoms with Crippen molar-refractivity contribution in [1.82, 2.24) is 20.3 Å². The van der Waals surface area contributed by atoms with Crippen molar-refractivity contribution in [3.05, 3.63) is 82.7 Å². The summed E-state index contributed by atoms with van der Waals surface area (Å²) in [5, 5.41) is 13.4. The third-order valence-electron chi connectivity index (χ3n) is 4.05. The summed E-state index contributed by atoms with van der Waals surface area (Å²) in [5.74, 6) is 0.432. The van der Waals surface area contributed by atoms with Crippen molar-refractivity contribution >= 4 is 17.2 Å². The second-order valence-corrected chi connectivity index (χ2v) is 7.12. The van der Waals surface area contributed by atoms with Crippen LogP contribution in [0.2, 0.25) is 0 Å². The minimum atomic E-state index is -0.188. The van der Waals surface area contributed by atoms with Crippen LogP contribution in [0.25, 0.3) is 10.6 Å². The van der Waals surface area contributed by atoms with E-state index in [4.69, 9.17) is 4.52 Å². The van der Waals surface area contributed by atoms with Crippen LogP contribution in [-0.2, 0) is 13.1 Å². The fourth-order valence-corrected chi connectivity index (χ4v) is 3.52. The van der Waals surface area contributed by atoms with Crippen LogP contribution in [0.5, 0.6) is 0 Å². The van der Waals surface area contributed by atoms with E-state index >= 15 is 0 Å². The van der Waals surface area contributed by atoms with Gasteiger partial charge in [-0.3, -0.25) is 9.48 Å². The van der Waals surface area contributed by atoms with Crippen molar-refractivity contribution in [2.45, 2.75) is 20.0 Å². The lowest BCUT2D eigenvalue weighted by Crippen LogP contribution is -2.22. The zero-order chi connectivity index (χ0) is 18.6. The Bertz CT molecular complexity index is 1040. The Morgan fingerprint density at radius 3 is 2.78 bits per heavy atom. The Labute approximate surface area is 160 Å². The third-order valence-corrected chi connectivity index (χ3v) is 4.92. The molecule has 1 N–H and O–H groups in total. The van der Waals surface area contributed by atoms with Gasteiger partial charge in [0, 0.05) is 12.3 Å². The number of aromatic nitrogens is 3. The van der Waals surface area contributed by atoms with E-state index < -0.39 is 0 Å². The van der Waals surface area contributed by atoms with Gasteiger partial charge in [0.05, 0.1) is 29.2 Å². The highest BCUT2D eigenvalue weighted by Gasteiger charge is 2.19. The van der Waals surface area contributed by atoms with E-state index in [1.165, 1.54) is 0 Å². The van der Waals surface area contributed by atoms with E-state index in [1.807, 2.05) is 54.8 Å². The second kappa shape index (κ2) is 7.59. The number of hydrogen-bond acceptors (Lipinski definition) is 5. The molecule has 136 valence electrons. The summed E-state index contributed by atoms with van der Waals surface area (Å²) < 4.78 is 6.96. The summed E-state index contributed by atoms with van der Waals surface area (Å²) in [7, 11) is 0. The first kappa shape index (κ1) is 17.2. The molecule has 1 aromatic carbocycles. The Kier molecular flexibility index (Phi) is 4.84. The highest BCUT2D eigenvalue weighted by Crippen LogP contribution is 2.27. The number of nitrogens with one attached hydrogen (secondary N) is 1. The number of carbonyl (C=O) groups excluding carboxylic acids is 1. The maximum Gasteiger partial charge on any atom is 0.255 e. The zero-order valence-corrected chi connectivity index (χ0v) is 15.6. The Morgan fingerprint density at radius 1 is 1.22 bits per heavy atom. The van der Waals surface area contributed by atoms with Gasteiger partial charge in [0.1, 0.15) is 5.69 Å². The van der Waals surface area contributed by atoms with E-state index in [0.717, 1.165) is 16.1 Å². The summed E-state index contributed by atoms with van der Waals surface area (Å²) in [6.45, 7) is 2.73. The maximum atomic E-state index is 12.8. The van der Waals surface area contributed by atoms with E-state index in [1.54, 1.807) is 28.3 Å². The standard InChI is InChI=1S/C20H18N4O2S/c1-14-10-16(26-23-14)11-21-20(25)17-13-24(12-15-6-3-2-4-7-15)22-19(17)18-8-5-9-27-18/h2-10,13H,11-12H2,1H3,(H,21,25). The first-order chi connectivity index (χ1) is 13.2. The molecule has 0 bridgehead atoms. The van der Waals surface area contributed by atoms with Crippen molar-refractivity contribution in [2.75, 3.05) is 0 Å². The molecule has 4 rings (SSSR count).